The normalized spacial score (nSPS) is 14.5. The quantitative estimate of drug-likeness (QED) is 0.213. The van der Waals surface area contributed by atoms with E-state index in [0.29, 0.717) is 39.8 Å². The number of halogens is 2. The molecule has 0 radical (unpaired) electrons. The Labute approximate surface area is 208 Å². The summed E-state index contributed by atoms with van der Waals surface area (Å²) in [5.74, 6) is -1.02. The molecular formula is C32H22F2O2. The van der Waals surface area contributed by atoms with Crippen LogP contribution in [0.25, 0.3) is 11.1 Å². The average Bonchev–Trinajstić information content (AvgIpc) is 3.24. The summed E-state index contributed by atoms with van der Waals surface area (Å²) in [7, 11) is 0. The maximum absolute atomic E-state index is 13.8. The molecular weight excluding hydrogens is 454 g/mol. The molecule has 0 aromatic heterocycles. The monoisotopic (exact) mass is 476 g/mol. The number of Topliss-reactive ketones (excluding diaryl/α,β-unsaturated/α-hetero) is 2. The summed E-state index contributed by atoms with van der Waals surface area (Å²) in [5.41, 5.74) is 5.48. The van der Waals surface area contributed by atoms with Gasteiger partial charge in [0.1, 0.15) is 11.6 Å². The highest BCUT2D eigenvalue weighted by molar-refractivity contribution is 6.18. The first-order valence-corrected chi connectivity index (χ1v) is 11.7. The van der Waals surface area contributed by atoms with Crippen LogP contribution in [0.3, 0.4) is 0 Å². The Kier molecular flexibility index (Phi) is 6.50. The highest BCUT2D eigenvalue weighted by Crippen LogP contribution is 2.35. The van der Waals surface area contributed by atoms with Crippen molar-refractivity contribution < 1.29 is 18.4 Å². The van der Waals surface area contributed by atoms with Crippen LogP contribution < -0.4 is 0 Å². The summed E-state index contributed by atoms with van der Waals surface area (Å²) in [6.07, 6.45) is 2.37. The molecule has 0 fully saturated rings. The van der Waals surface area contributed by atoms with Gasteiger partial charge in [0.25, 0.3) is 0 Å². The molecule has 0 aliphatic heterocycles. The van der Waals surface area contributed by atoms with Crippen LogP contribution >= 0.6 is 0 Å². The van der Waals surface area contributed by atoms with Crippen molar-refractivity contribution in [3.63, 3.8) is 0 Å². The van der Waals surface area contributed by atoms with Crippen LogP contribution in [0.5, 0.6) is 0 Å². The predicted molar refractivity (Wildman–Crippen MR) is 138 cm³/mol. The summed E-state index contributed by atoms with van der Waals surface area (Å²) in [6.45, 7) is 0. The molecule has 0 saturated carbocycles. The first kappa shape index (κ1) is 23.3. The van der Waals surface area contributed by atoms with Crippen molar-refractivity contribution in [3.8, 4) is 0 Å². The molecule has 0 N–H and O–H groups in total. The van der Waals surface area contributed by atoms with Crippen LogP contribution in [0.2, 0.25) is 0 Å². The van der Waals surface area contributed by atoms with Crippen LogP contribution in [-0.4, -0.2) is 11.6 Å². The van der Waals surface area contributed by atoms with Gasteiger partial charge in [-0.25, -0.2) is 8.78 Å². The van der Waals surface area contributed by atoms with Gasteiger partial charge in [-0.3, -0.25) is 9.59 Å². The van der Waals surface area contributed by atoms with Gasteiger partial charge in [-0.1, -0.05) is 66.7 Å². The lowest BCUT2D eigenvalue weighted by molar-refractivity contribution is 0.0997. The Balaban J connectivity index is 1.65. The minimum Gasteiger partial charge on any atom is -0.294 e. The SMILES string of the molecule is O=C(CC(=CC(=C1Cc2ccccc2C1=O)c1ccc(F)cc1)c1ccccc1)c1ccc(F)cc1. The zero-order chi connectivity index (χ0) is 25.1. The molecule has 0 bridgehead atoms. The zero-order valence-corrected chi connectivity index (χ0v) is 19.4. The number of carbonyl (C=O) groups excluding carboxylic acids is 2. The minimum absolute atomic E-state index is 0.0504. The van der Waals surface area contributed by atoms with E-state index < -0.39 is 5.82 Å². The predicted octanol–water partition coefficient (Wildman–Crippen LogP) is 7.51. The lowest BCUT2D eigenvalue weighted by atomic mass is 9.90. The van der Waals surface area contributed by atoms with Crippen molar-refractivity contribution in [1.82, 2.24) is 0 Å². The number of allylic oxidation sites excluding steroid dienone is 4. The van der Waals surface area contributed by atoms with Gasteiger partial charge >= 0.3 is 0 Å². The molecule has 0 heterocycles. The lowest BCUT2D eigenvalue weighted by Crippen LogP contribution is -2.03. The van der Waals surface area contributed by atoms with Gasteiger partial charge in [0.15, 0.2) is 11.6 Å². The molecule has 4 aromatic rings. The standard InChI is InChI=1S/C32H22F2O2/c33-26-14-10-22(11-15-26)29(30-18-24-8-4-5-9-28(24)32(30)36)19-25(21-6-2-1-3-7-21)20-31(35)23-12-16-27(34)17-13-23/h1-17,19H,18,20H2. The van der Waals surface area contributed by atoms with Crippen molar-refractivity contribution in [2.75, 3.05) is 0 Å². The van der Waals surface area contributed by atoms with Crippen molar-refractivity contribution in [1.29, 1.82) is 0 Å². The Hall–Kier alpha value is -4.44. The van der Waals surface area contributed by atoms with Gasteiger partial charge in [-0.05, 0) is 70.3 Å². The summed E-state index contributed by atoms with van der Waals surface area (Å²) >= 11 is 0. The lowest BCUT2D eigenvalue weighted by Gasteiger charge is -2.13. The molecule has 1 aliphatic carbocycles. The molecule has 4 aromatic carbocycles. The van der Waals surface area contributed by atoms with Crippen molar-refractivity contribution in [3.05, 3.63) is 154 Å². The van der Waals surface area contributed by atoms with E-state index in [2.05, 4.69) is 0 Å². The number of fused-ring (bicyclic) bond motifs is 1. The van der Waals surface area contributed by atoms with Crippen LogP contribution in [0.1, 0.15) is 43.8 Å². The Morgan fingerprint density at radius 3 is 1.92 bits per heavy atom. The first-order chi connectivity index (χ1) is 17.5. The van der Waals surface area contributed by atoms with E-state index in [1.54, 1.807) is 12.1 Å². The fourth-order valence-electron chi connectivity index (χ4n) is 4.49. The van der Waals surface area contributed by atoms with E-state index in [0.717, 1.165) is 11.1 Å². The summed E-state index contributed by atoms with van der Waals surface area (Å²) < 4.78 is 27.2. The second kappa shape index (κ2) is 10.0. The summed E-state index contributed by atoms with van der Waals surface area (Å²) in [5, 5.41) is 0. The van der Waals surface area contributed by atoms with Gasteiger partial charge in [0.2, 0.25) is 0 Å². The van der Waals surface area contributed by atoms with Crippen LogP contribution in [0.4, 0.5) is 8.78 Å². The Morgan fingerprint density at radius 1 is 0.694 bits per heavy atom. The van der Waals surface area contributed by atoms with Crippen LogP contribution in [-0.2, 0) is 6.42 Å². The third kappa shape index (κ3) is 4.84. The van der Waals surface area contributed by atoms with E-state index in [9.17, 15) is 18.4 Å². The van der Waals surface area contributed by atoms with E-state index in [4.69, 9.17) is 0 Å². The van der Waals surface area contributed by atoms with E-state index >= 15 is 0 Å². The first-order valence-electron chi connectivity index (χ1n) is 11.7. The highest BCUT2D eigenvalue weighted by Gasteiger charge is 2.27. The van der Waals surface area contributed by atoms with Gasteiger partial charge < -0.3 is 0 Å². The molecule has 5 rings (SSSR count). The van der Waals surface area contributed by atoms with Crippen LogP contribution in [0.15, 0.2) is 115 Å². The highest BCUT2D eigenvalue weighted by atomic mass is 19.1. The van der Waals surface area contributed by atoms with E-state index in [-0.39, 0.29) is 23.8 Å². The van der Waals surface area contributed by atoms with Crippen molar-refractivity contribution >= 4 is 22.7 Å². The minimum atomic E-state index is -0.409. The van der Waals surface area contributed by atoms with Gasteiger partial charge in [-0.15, -0.1) is 0 Å². The molecule has 0 atom stereocenters. The molecule has 0 unspecified atom stereocenters. The summed E-state index contributed by atoms with van der Waals surface area (Å²) in [4.78, 5) is 26.6. The summed E-state index contributed by atoms with van der Waals surface area (Å²) in [6, 6.07) is 28.4. The smallest absolute Gasteiger partial charge is 0.190 e. The molecule has 2 nitrogen and oxygen atoms in total. The zero-order valence-electron chi connectivity index (χ0n) is 19.4. The number of hydrogen-bond acceptors (Lipinski definition) is 2. The largest absolute Gasteiger partial charge is 0.294 e. The van der Waals surface area contributed by atoms with Gasteiger partial charge in [0.05, 0.1) is 0 Å². The molecule has 0 saturated heterocycles. The second-order valence-electron chi connectivity index (χ2n) is 8.70. The number of hydrogen-bond donors (Lipinski definition) is 0. The van der Waals surface area contributed by atoms with Crippen molar-refractivity contribution in [2.24, 2.45) is 0 Å². The number of benzene rings is 4. The van der Waals surface area contributed by atoms with E-state index in [1.165, 1.54) is 36.4 Å². The van der Waals surface area contributed by atoms with E-state index in [1.807, 2.05) is 60.7 Å². The molecule has 36 heavy (non-hydrogen) atoms. The molecule has 0 spiro atoms. The number of rotatable bonds is 6. The third-order valence-electron chi connectivity index (χ3n) is 6.36. The van der Waals surface area contributed by atoms with Crippen LogP contribution in [0, 0.1) is 11.6 Å². The third-order valence-corrected chi connectivity index (χ3v) is 6.36. The topological polar surface area (TPSA) is 34.1 Å². The molecule has 4 heteroatoms. The van der Waals surface area contributed by atoms with Crippen molar-refractivity contribution in [2.45, 2.75) is 12.8 Å². The maximum Gasteiger partial charge on any atom is 0.190 e. The maximum atomic E-state index is 13.8. The second-order valence-corrected chi connectivity index (χ2v) is 8.70. The average molecular weight is 477 g/mol. The molecule has 0 amide bonds. The number of carbonyl (C=O) groups is 2. The fraction of sp³-hybridized carbons (Fsp3) is 0.0625. The van der Waals surface area contributed by atoms with Gasteiger partial charge in [-0.2, -0.15) is 0 Å². The molecule has 176 valence electrons. The fourth-order valence-corrected chi connectivity index (χ4v) is 4.49. The number of ketones is 2. The Bertz CT molecular complexity index is 1500. The van der Waals surface area contributed by atoms with Gasteiger partial charge in [0, 0.05) is 29.5 Å². The molecule has 1 aliphatic rings. The Morgan fingerprint density at radius 2 is 1.28 bits per heavy atom.